The number of methoxy groups -OCH3 is 1. The summed E-state index contributed by atoms with van der Waals surface area (Å²) in [5, 5.41) is 14.5. The van der Waals surface area contributed by atoms with Crippen molar-refractivity contribution >= 4 is 23.2 Å². The van der Waals surface area contributed by atoms with Gasteiger partial charge >= 0.3 is 0 Å². The smallest absolute Gasteiger partial charge is 0.227 e. The van der Waals surface area contributed by atoms with Crippen LogP contribution in [0.5, 0.6) is 11.5 Å². The monoisotopic (exact) mass is 455 g/mol. The Balaban J connectivity index is 1.49. The van der Waals surface area contributed by atoms with Crippen LogP contribution in [0.25, 0.3) is 11.1 Å². The Kier molecular flexibility index (Phi) is 6.41. The summed E-state index contributed by atoms with van der Waals surface area (Å²) >= 11 is 6.31. The summed E-state index contributed by atoms with van der Waals surface area (Å²) in [6, 6.07) is 9.58. The summed E-state index contributed by atoms with van der Waals surface area (Å²) in [7, 11) is 1.51. The van der Waals surface area contributed by atoms with E-state index in [1.165, 1.54) is 31.6 Å². The third kappa shape index (κ3) is 5.09. The van der Waals surface area contributed by atoms with Crippen molar-refractivity contribution in [3.05, 3.63) is 66.0 Å². The van der Waals surface area contributed by atoms with E-state index in [0.717, 1.165) is 11.1 Å². The molecule has 0 aliphatic heterocycles. The fraction of sp³-hybridized carbons (Fsp3) is 0.190. The molecule has 0 bridgehead atoms. The average Bonchev–Trinajstić information content (AvgIpc) is 3.29. The minimum Gasteiger partial charge on any atom is -0.495 e. The molecule has 9 nitrogen and oxygen atoms in total. The first kappa shape index (κ1) is 21.4. The molecular formula is C21H19ClFN7O2. The van der Waals surface area contributed by atoms with E-state index >= 15 is 0 Å². The van der Waals surface area contributed by atoms with E-state index < -0.39 is 5.82 Å². The number of nitrogens with zero attached hydrogens (tertiary/aromatic N) is 6. The number of aromatic nitrogens is 6. The van der Waals surface area contributed by atoms with Gasteiger partial charge < -0.3 is 14.8 Å². The number of ether oxygens (including phenoxy) is 2. The molecule has 0 saturated carbocycles. The number of hydrogen-bond donors (Lipinski definition) is 1. The number of nitrogens with one attached hydrogen (secondary N) is 1. The van der Waals surface area contributed by atoms with Crippen molar-refractivity contribution in [1.82, 2.24) is 30.2 Å². The van der Waals surface area contributed by atoms with Gasteiger partial charge in [-0.25, -0.2) is 19.0 Å². The van der Waals surface area contributed by atoms with Gasteiger partial charge in [0.15, 0.2) is 0 Å². The maximum Gasteiger partial charge on any atom is 0.227 e. The molecule has 1 unspecified atom stereocenters. The zero-order chi connectivity index (χ0) is 22.5. The predicted octanol–water partition coefficient (Wildman–Crippen LogP) is 4.14. The maximum absolute atomic E-state index is 13.6. The molecule has 4 aromatic rings. The second-order valence-corrected chi connectivity index (χ2v) is 7.28. The molecule has 2 heterocycles. The van der Waals surface area contributed by atoms with Gasteiger partial charge in [0.2, 0.25) is 5.95 Å². The van der Waals surface area contributed by atoms with Gasteiger partial charge in [0.1, 0.15) is 29.7 Å². The third-order valence-electron chi connectivity index (χ3n) is 4.49. The van der Waals surface area contributed by atoms with Crippen LogP contribution in [0.4, 0.5) is 16.0 Å². The number of tetrazole rings is 1. The highest BCUT2D eigenvalue weighted by molar-refractivity contribution is 6.32. The van der Waals surface area contributed by atoms with E-state index in [1.807, 2.05) is 19.1 Å². The zero-order valence-electron chi connectivity index (χ0n) is 17.2. The van der Waals surface area contributed by atoms with Crippen molar-refractivity contribution < 1.29 is 13.9 Å². The van der Waals surface area contributed by atoms with Gasteiger partial charge in [-0.1, -0.05) is 17.7 Å². The lowest BCUT2D eigenvalue weighted by Crippen LogP contribution is -2.20. The topological polar surface area (TPSA) is 99.9 Å². The molecule has 0 amide bonds. The molecule has 0 aliphatic carbocycles. The number of hydrogen-bond acceptors (Lipinski definition) is 8. The maximum atomic E-state index is 13.6. The predicted molar refractivity (Wildman–Crippen MR) is 117 cm³/mol. The van der Waals surface area contributed by atoms with Crippen molar-refractivity contribution in [2.24, 2.45) is 0 Å². The summed E-state index contributed by atoms with van der Waals surface area (Å²) in [4.78, 5) is 8.64. The van der Waals surface area contributed by atoms with Gasteiger partial charge in [-0.05, 0) is 47.2 Å². The average molecular weight is 456 g/mol. The van der Waals surface area contributed by atoms with Gasteiger partial charge in [-0.15, -0.1) is 5.10 Å². The van der Waals surface area contributed by atoms with Crippen LogP contribution in [0.1, 0.15) is 6.92 Å². The largest absolute Gasteiger partial charge is 0.495 e. The molecule has 0 fully saturated rings. The first-order valence-corrected chi connectivity index (χ1v) is 9.99. The first-order chi connectivity index (χ1) is 15.5. The normalized spacial score (nSPS) is 11.8. The first-order valence-electron chi connectivity index (χ1n) is 9.62. The quantitative estimate of drug-likeness (QED) is 0.423. The molecule has 0 saturated heterocycles. The fourth-order valence-electron chi connectivity index (χ4n) is 2.99. The number of halogens is 2. The summed E-state index contributed by atoms with van der Waals surface area (Å²) in [6.45, 7) is 2.37. The lowest BCUT2D eigenvalue weighted by Gasteiger charge is -2.16. The van der Waals surface area contributed by atoms with Crippen LogP contribution >= 0.6 is 11.6 Å². The van der Waals surface area contributed by atoms with Crippen LogP contribution in [0, 0.1) is 5.82 Å². The van der Waals surface area contributed by atoms with Crippen LogP contribution in [-0.2, 0) is 6.54 Å². The number of rotatable bonds is 8. The molecule has 32 heavy (non-hydrogen) atoms. The van der Waals surface area contributed by atoms with E-state index in [1.54, 1.807) is 23.1 Å². The SMILES string of the molecule is COc1ccc(F)cc1Nc1ncc(-c2ccc(Cl)c(OC(C)Cn3cnnn3)c2)cn1. The Morgan fingerprint density at radius 1 is 1.09 bits per heavy atom. The Morgan fingerprint density at radius 3 is 2.62 bits per heavy atom. The molecule has 0 aliphatic rings. The van der Waals surface area contributed by atoms with Crippen LogP contribution in [0.3, 0.4) is 0 Å². The summed E-state index contributed by atoms with van der Waals surface area (Å²) in [5.74, 6) is 0.914. The zero-order valence-corrected chi connectivity index (χ0v) is 18.0. The van der Waals surface area contributed by atoms with Crippen molar-refractivity contribution in [2.45, 2.75) is 19.6 Å². The van der Waals surface area contributed by atoms with Gasteiger partial charge in [0, 0.05) is 24.0 Å². The highest BCUT2D eigenvalue weighted by Gasteiger charge is 2.12. The number of anilines is 2. The second kappa shape index (κ2) is 9.56. The van der Waals surface area contributed by atoms with E-state index in [9.17, 15) is 4.39 Å². The Bertz CT molecular complexity index is 1190. The highest BCUT2D eigenvalue weighted by Crippen LogP contribution is 2.32. The van der Waals surface area contributed by atoms with Gasteiger partial charge in [0.25, 0.3) is 0 Å². The fourth-order valence-corrected chi connectivity index (χ4v) is 3.16. The van der Waals surface area contributed by atoms with E-state index in [-0.39, 0.29) is 6.10 Å². The molecule has 0 radical (unpaired) electrons. The molecule has 1 N–H and O–H groups in total. The molecule has 2 aromatic carbocycles. The van der Waals surface area contributed by atoms with Crippen molar-refractivity contribution in [2.75, 3.05) is 12.4 Å². The summed E-state index contributed by atoms with van der Waals surface area (Å²) in [6.07, 6.45) is 4.61. The molecule has 164 valence electrons. The second-order valence-electron chi connectivity index (χ2n) is 6.87. The lowest BCUT2D eigenvalue weighted by atomic mass is 10.1. The molecule has 1 atom stereocenters. The van der Waals surface area contributed by atoms with Crippen LogP contribution < -0.4 is 14.8 Å². The standard InChI is InChI=1S/C21H19ClFN7O2/c1-13(11-30-12-26-28-29-30)32-20-7-14(3-5-17(20)22)15-9-24-21(25-10-15)27-18-8-16(23)4-6-19(18)31-2/h3-10,12-13H,11H2,1-2H3,(H,24,25,27). The van der Waals surface area contributed by atoms with Crippen LogP contribution in [0.2, 0.25) is 5.02 Å². The van der Waals surface area contributed by atoms with Crippen LogP contribution in [0.15, 0.2) is 55.1 Å². The van der Waals surface area contributed by atoms with Crippen molar-refractivity contribution in [1.29, 1.82) is 0 Å². The third-order valence-corrected chi connectivity index (χ3v) is 4.80. The van der Waals surface area contributed by atoms with Gasteiger partial charge in [0.05, 0.1) is 24.4 Å². The minimum atomic E-state index is -0.395. The van der Waals surface area contributed by atoms with E-state index in [0.29, 0.717) is 34.7 Å². The highest BCUT2D eigenvalue weighted by atomic mass is 35.5. The molecular weight excluding hydrogens is 437 g/mol. The van der Waals surface area contributed by atoms with E-state index in [4.69, 9.17) is 21.1 Å². The molecule has 4 rings (SSSR count). The van der Waals surface area contributed by atoms with Crippen LogP contribution in [-0.4, -0.2) is 43.4 Å². The molecule has 0 spiro atoms. The Hall–Kier alpha value is -3.79. The van der Waals surface area contributed by atoms with Crippen molar-refractivity contribution in [3.8, 4) is 22.6 Å². The summed E-state index contributed by atoms with van der Waals surface area (Å²) in [5.41, 5.74) is 2.02. The number of benzene rings is 2. The Morgan fingerprint density at radius 2 is 1.91 bits per heavy atom. The van der Waals surface area contributed by atoms with Gasteiger partial charge in [-0.2, -0.15) is 0 Å². The molecule has 2 aromatic heterocycles. The minimum absolute atomic E-state index is 0.213. The van der Waals surface area contributed by atoms with Gasteiger partial charge in [-0.3, -0.25) is 0 Å². The lowest BCUT2D eigenvalue weighted by molar-refractivity contribution is 0.193. The van der Waals surface area contributed by atoms with E-state index in [2.05, 4.69) is 30.8 Å². The summed E-state index contributed by atoms with van der Waals surface area (Å²) < 4.78 is 26.3. The Labute approximate surface area is 188 Å². The molecule has 11 heteroatoms. The van der Waals surface area contributed by atoms with Crippen molar-refractivity contribution in [3.63, 3.8) is 0 Å².